The minimum Gasteiger partial charge on any atom is -0.480 e. The molecule has 1 atom stereocenters. The van der Waals surface area contributed by atoms with Crippen LogP contribution in [-0.2, 0) is 16.1 Å². The molecule has 0 bridgehead atoms. The summed E-state index contributed by atoms with van der Waals surface area (Å²) in [6.45, 7) is 2.89. The minimum atomic E-state index is -1.01. The lowest BCUT2D eigenvalue weighted by molar-refractivity contribution is -0.144. The van der Waals surface area contributed by atoms with Gasteiger partial charge >= 0.3 is 11.9 Å². The minimum absolute atomic E-state index is 0.273. The van der Waals surface area contributed by atoms with Gasteiger partial charge in [0.2, 0.25) is 0 Å². The van der Waals surface area contributed by atoms with Gasteiger partial charge in [0.1, 0.15) is 12.6 Å². The molecule has 1 aromatic carbocycles. The summed E-state index contributed by atoms with van der Waals surface area (Å²) < 4.78 is 1.53. The van der Waals surface area contributed by atoms with Crippen molar-refractivity contribution in [1.82, 2.24) is 14.4 Å². The van der Waals surface area contributed by atoms with Gasteiger partial charge in [0.25, 0.3) is 0 Å². The molecule has 2 aromatic rings. The Morgan fingerprint density at radius 1 is 1.21 bits per heavy atom. The summed E-state index contributed by atoms with van der Waals surface area (Å²) >= 11 is 6.07. The van der Waals surface area contributed by atoms with Crippen molar-refractivity contribution in [3.05, 3.63) is 35.0 Å². The molecule has 2 heterocycles. The normalized spacial score (nSPS) is 16.7. The lowest BCUT2D eigenvalue weighted by atomic mass is 10.0. The zero-order valence-electron chi connectivity index (χ0n) is 15.2. The third-order valence-corrected chi connectivity index (χ3v) is 5.26. The van der Waals surface area contributed by atoms with Crippen molar-refractivity contribution in [2.75, 3.05) is 32.7 Å². The predicted molar refractivity (Wildman–Crippen MR) is 103 cm³/mol. The first kappa shape index (κ1) is 20.1. The summed E-state index contributed by atoms with van der Waals surface area (Å²) in [5, 5.41) is 29.0. The van der Waals surface area contributed by atoms with E-state index in [4.69, 9.17) is 16.9 Å². The lowest BCUT2D eigenvalue weighted by Gasteiger charge is -2.37. The Balaban J connectivity index is 1.93. The van der Waals surface area contributed by atoms with Crippen LogP contribution in [0.5, 0.6) is 0 Å². The van der Waals surface area contributed by atoms with Crippen LogP contribution in [-0.4, -0.2) is 69.2 Å². The van der Waals surface area contributed by atoms with Gasteiger partial charge in [-0.1, -0.05) is 17.7 Å². The van der Waals surface area contributed by atoms with Crippen LogP contribution in [0.4, 0.5) is 0 Å². The van der Waals surface area contributed by atoms with Gasteiger partial charge in [-0.25, -0.2) is 0 Å². The molecule has 1 aromatic heterocycles. The van der Waals surface area contributed by atoms with Gasteiger partial charge < -0.3 is 14.8 Å². The molecule has 148 valence electrons. The van der Waals surface area contributed by atoms with E-state index in [1.165, 1.54) is 4.57 Å². The van der Waals surface area contributed by atoms with Crippen LogP contribution in [0.3, 0.4) is 0 Å². The number of rotatable bonds is 7. The molecule has 0 aliphatic carbocycles. The monoisotopic (exact) mass is 404 g/mol. The maximum atomic E-state index is 12.1. The Labute approximate surface area is 167 Å². The number of carbonyl (C=O) groups is 2. The standard InChI is InChI=1S/C19H21ClN4O4/c20-13-2-3-14-15(11-24(12-17(25)26)16(14)10-13)18(19(27)28)23-8-6-22(7-9-23)5-1-4-21/h2-3,10-11,18H,1,5-9,12H2,(H,25,26)(H,27,28)/t18-/m0/s1. The van der Waals surface area contributed by atoms with Crippen molar-refractivity contribution in [3.8, 4) is 6.07 Å². The van der Waals surface area contributed by atoms with Crippen LogP contribution < -0.4 is 0 Å². The molecule has 0 spiro atoms. The number of nitrogens with zero attached hydrogens (tertiary/aromatic N) is 4. The van der Waals surface area contributed by atoms with Crippen LogP contribution in [0.1, 0.15) is 18.0 Å². The Kier molecular flexibility index (Phi) is 6.19. The molecule has 9 heteroatoms. The number of halogens is 1. The number of benzene rings is 1. The zero-order chi connectivity index (χ0) is 20.3. The average Bonchev–Trinajstić information content (AvgIpc) is 2.97. The fourth-order valence-electron chi connectivity index (χ4n) is 3.73. The summed E-state index contributed by atoms with van der Waals surface area (Å²) in [5.74, 6) is -1.99. The third-order valence-electron chi connectivity index (χ3n) is 5.02. The molecule has 28 heavy (non-hydrogen) atoms. The Hall–Kier alpha value is -2.60. The van der Waals surface area contributed by atoms with Crippen molar-refractivity contribution >= 4 is 34.4 Å². The van der Waals surface area contributed by atoms with Crippen molar-refractivity contribution in [1.29, 1.82) is 5.26 Å². The molecule has 1 saturated heterocycles. The number of aromatic nitrogens is 1. The molecule has 1 fully saturated rings. The molecule has 3 rings (SSSR count). The van der Waals surface area contributed by atoms with E-state index in [0.717, 1.165) is 0 Å². The molecule has 1 aliphatic rings. The van der Waals surface area contributed by atoms with Crippen molar-refractivity contribution < 1.29 is 19.8 Å². The molecule has 1 aliphatic heterocycles. The molecule has 0 radical (unpaired) electrons. The van der Waals surface area contributed by atoms with E-state index in [9.17, 15) is 19.8 Å². The summed E-state index contributed by atoms with van der Waals surface area (Å²) in [5.41, 5.74) is 1.16. The number of piperazine rings is 1. The van der Waals surface area contributed by atoms with E-state index in [1.54, 1.807) is 24.4 Å². The van der Waals surface area contributed by atoms with Crippen molar-refractivity contribution in [2.24, 2.45) is 0 Å². The quantitative estimate of drug-likeness (QED) is 0.726. The molecule has 8 nitrogen and oxygen atoms in total. The maximum Gasteiger partial charge on any atom is 0.325 e. The molecular formula is C19H21ClN4O4. The summed E-state index contributed by atoms with van der Waals surface area (Å²) in [4.78, 5) is 27.4. The smallest absolute Gasteiger partial charge is 0.325 e. The number of hydrogen-bond donors (Lipinski definition) is 2. The van der Waals surface area contributed by atoms with E-state index < -0.39 is 18.0 Å². The molecule has 2 N–H and O–H groups in total. The van der Waals surface area contributed by atoms with Gasteiger partial charge in [-0.3, -0.25) is 19.4 Å². The first-order valence-corrected chi connectivity index (χ1v) is 9.34. The second kappa shape index (κ2) is 8.61. The third kappa shape index (κ3) is 4.28. The van der Waals surface area contributed by atoms with E-state index in [-0.39, 0.29) is 6.54 Å². The highest BCUT2D eigenvalue weighted by Gasteiger charge is 2.32. The number of hydrogen-bond acceptors (Lipinski definition) is 5. The van der Waals surface area contributed by atoms with E-state index in [1.807, 2.05) is 4.90 Å². The number of fused-ring (bicyclic) bond motifs is 1. The first-order chi connectivity index (χ1) is 13.4. The summed E-state index contributed by atoms with van der Waals surface area (Å²) in [6.07, 6.45) is 2.06. The SMILES string of the molecule is N#CCCN1CCN([C@H](C(=O)O)c2cn(CC(=O)O)c3cc(Cl)ccc23)CC1. The number of aliphatic carboxylic acids is 2. The van der Waals surface area contributed by atoms with E-state index >= 15 is 0 Å². The van der Waals surface area contributed by atoms with Crippen LogP contribution in [0.25, 0.3) is 10.9 Å². The lowest BCUT2D eigenvalue weighted by Crippen LogP contribution is -2.49. The van der Waals surface area contributed by atoms with Crippen molar-refractivity contribution in [2.45, 2.75) is 19.0 Å². The summed E-state index contributed by atoms with van der Waals surface area (Å²) in [7, 11) is 0. The number of carboxylic acid groups (broad SMARTS) is 2. The number of carboxylic acids is 2. The van der Waals surface area contributed by atoms with Gasteiger partial charge in [-0.2, -0.15) is 5.26 Å². The second-order valence-corrected chi connectivity index (χ2v) is 7.23. The predicted octanol–water partition coefficient (Wildman–Crippen LogP) is 2.04. The fraction of sp³-hybridized carbons (Fsp3) is 0.421. The average molecular weight is 405 g/mol. The van der Waals surface area contributed by atoms with Crippen LogP contribution in [0, 0.1) is 11.3 Å². The highest BCUT2D eigenvalue weighted by molar-refractivity contribution is 6.31. The Bertz CT molecular complexity index is 928. The molecule has 0 unspecified atom stereocenters. The number of nitriles is 1. The van der Waals surface area contributed by atoms with Gasteiger partial charge in [0.05, 0.1) is 11.6 Å². The van der Waals surface area contributed by atoms with Gasteiger partial charge in [-0.05, 0) is 12.1 Å². The highest BCUT2D eigenvalue weighted by atomic mass is 35.5. The van der Waals surface area contributed by atoms with Crippen LogP contribution in [0.2, 0.25) is 5.02 Å². The van der Waals surface area contributed by atoms with E-state index in [0.29, 0.717) is 60.6 Å². The zero-order valence-corrected chi connectivity index (χ0v) is 16.0. The molecular weight excluding hydrogens is 384 g/mol. The van der Waals surface area contributed by atoms with E-state index in [2.05, 4.69) is 11.0 Å². The first-order valence-electron chi connectivity index (χ1n) is 8.97. The van der Waals surface area contributed by atoms with Gasteiger partial charge in [-0.15, -0.1) is 0 Å². The Morgan fingerprint density at radius 2 is 1.93 bits per heavy atom. The summed E-state index contributed by atoms with van der Waals surface area (Å²) in [6, 6.07) is 6.32. The maximum absolute atomic E-state index is 12.1. The highest BCUT2D eigenvalue weighted by Crippen LogP contribution is 2.32. The van der Waals surface area contributed by atoms with Crippen LogP contribution in [0.15, 0.2) is 24.4 Å². The van der Waals surface area contributed by atoms with Gasteiger partial charge in [0.15, 0.2) is 0 Å². The molecule has 0 saturated carbocycles. The second-order valence-electron chi connectivity index (χ2n) is 6.79. The van der Waals surface area contributed by atoms with Gasteiger partial charge in [0, 0.05) is 61.3 Å². The Morgan fingerprint density at radius 3 is 2.54 bits per heavy atom. The largest absolute Gasteiger partial charge is 0.480 e. The molecule has 0 amide bonds. The van der Waals surface area contributed by atoms with Crippen LogP contribution >= 0.6 is 11.6 Å². The fourth-order valence-corrected chi connectivity index (χ4v) is 3.89. The van der Waals surface area contributed by atoms with Crippen molar-refractivity contribution in [3.63, 3.8) is 0 Å². The topological polar surface area (TPSA) is 110 Å².